The second kappa shape index (κ2) is 5.11. The highest BCUT2D eigenvalue weighted by Crippen LogP contribution is 2.38. The molecule has 0 bridgehead atoms. The Hall–Kier alpha value is -0.670. The van der Waals surface area contributed by atoms with E-state index >= 15 is 0 Å². The molecule has 0 saturated heterocycles. The molecule has 1 aliphatic heterocycles. The lowest BCUT2D eigenvalue weighted by molar-refractivity contribution is 0.282. The summed E-state index contributed by atoms with van der Waals surface area (Å²) in [4.78, 5) is 1.40. The third kappa shape index (κ3) is 2.36. The summed E-state index contributed by atoms with van der Waals surface area (Å²) < 4.78 is 0. The number of hydrogen-bond donors (Lipinski definition) is 2. The number of hydrogen-bond acceptors (Lipinski definition) is 3. The molecule has 0 amide bonds. The zero-order valence-electron chi connectivity index (χ0n) is 9.92. The molecule has 1 unspecified atom stereocenters. The molecule has 0 radical (unpaired) electrons. The molecular weight excluding hydrogens is 218 g/mol. The van der Waals surface area contributed by atoms with Gasteiger partial charge in [-0.2, -0.15) is 0 Å². The molecule has 2 rings (SSSR count). The molecule has 1 aliphatic rings. The van der Waals surface area contributed by atoms with E-state index in [2.05, 4.69) is 31.3 Å². The summed E-state index contributed by atoms with van der Waals surface area (Å²) in [6, 6.07) is 4.87. The molecule has 0 saturated carbocycles. The summed E-state index contributed by atoms with van der Waals surface area (Å²) in [5.74, 6) is 1.11. The van der Waals surface area contributed by atoms with Gasteiger partial charge in [0.05, 0.1) is 5.69 Å². The standard InChI is InChI=1S/C13H19NOS/c1-9-5-6-10(2)13-12(9)14-11(8-16-13)4-3-7-15/h5-6,11,14-15H,3-4,7-8H2,1-2H3. The van der Waals surface area contributed by atoms with Gasteiger partial charge in [0, 0.05) is 23.3 Å². The molecule has 1 heterocycles. The number of anilines is 1. The molecule has 3 heteroatoms. The Labute approximate surface area is 101 Å². The average Bonchev–Trinajstić information content (AvgIpc) is 2.31. The molecule has 16 heavy (non-hydrogen) atoms. The largest absolute Gasteiger partial charge is 0.396 e. The van der Waals surface area contributed by atoms with Gasteiger partial charge in [0.25, 0.3) is 0 Å². The number of aliphatic hydroxyl groups is 1. The van der Waals surface area contributed by atoms with Gasteiger partial charge >= 0.3 is 0 Å². The summed E-state index contributed by atoms with van der Waals surface area (Å²) in [6.07, 6.45) is 1.94. The van der Waals surface area contributed by atoms with Crippen molar-refractivity contribution < 1.29 is 5.11 Å². The molecule has 0 fully saturated rings. The van der Waals surface area contributed by atoms with Crippen LogP contribution in [0.3, 0.4) is 0 Å². The molecular formula is C13H19NOS. The van der Waals surface area contributed by atoms with Crippen LogP contribution >= 0.6 is 11.8 Å². The zero-order valence-corrected chi connectivity index (χ0v) is 10.7. The SMILES string of the molecule is Cc1ccc(C)c2c1NC(CCCO)CS2. The summed E-state index contributed by atoms with van der Waals surface area (Å²) in [5.41, 5.74) is 3.99. The van der Waals surface area contributed by atoms with Gasteiger partial charge in [-0.3, -0.25) is 0 Å². The molecule has 0 aromatic heterocycles. The van der Waals surface area contributed by atoms with Gasteiger partial charge in [-0.25, -0.2) is 0 Å². The Morgan fingerprint density at radius 1 is 1.38 bits per heavy atom. The molecule has 0 aliphatic carbocycles. The van der Waals surface area contributed by atoms with Gasteiger partial charge in [-0.1, -0.05) is 12.1 Å². The first-order valence-electron chi connectivity index (χ1n) is 5.82. The maximum Gasteiger partial charge on any atom is 0.0513 e. The summed E-state index contributed by atoms with van der Waals surface area (Å²) in [6.45, 7) is 4.61. The van der Waals surface area contributed by atoms with Crippen molar-refractivity contribution in [3.05, 3.63) is 23.3 Å². The van der Waals surface area contributed by atoms with Gasteiger partial charge in [0.1, 0.15) is 0 Å². The van der Waals surface area contributed by atoms with Gasteiger partial charge in [0.15, 0.2) is 0 Å². The van der Waals surface area contributed by atoms with Crippen LogP contribution in [-0.2, 0) is 0 Å². The first-order chi connectivity index (χ1) is 7.72. The topological polar surface area (TPSA) is 32.3 Å². The predicted molar refractivity (Wildman–Crippen MR) is 70.4 cm³/mol. The van der Waals surface area contributed by atoms with E-state index < -0.39 is 0 Å². The lowest BCUT2D eigenvalue weighted by Crippen LogP contribution is -2.27. The quantitative estimate of drug-likeness (QED) is 0.847. The highest BCUT2D eigenvalue weighted by atomic mass is 32.2. The number of thioether (sulfide) groups is 1. The van der Waals surface area contributed by atoms with Gasteiger partial charge in [-0.05, 0) is 37.8 Å². The fraction of sp³-hybridized carbons (Fsp3) is 0.538. The van der Waals surface area contributed by atoms with E-state index in [0.29, 0.717) is 12.6 Å². The van der Waals surface area contributed by atoms with Crippen molar-refractivity contribution >= 4 is 17.4 Å². The van der Waals surface area contributed by atoms with Crippen LogP contribution in [0, 0.1) is 13.8 Å². The smallest absolute Gasteiger partial charge is 0.0513 e. The first-order valence-corrected chi connectivity index (χ1v) is 6.81. The van der Waals surface area contributed by atoms with E-state index in [4.69, 9.17) is 5.11 Å². The minimum atomic E-state index is 0.294. The normalized spacial score (nSPS) is 19.1. The fourth-order valence-corrected chi connectivity index (χ4v) is 3.35. The van der Waals surface area contributed by atoms with Crippen LogP contribution in [0.4, 0.5) is 5.69 Å². The molecule has 88 valence electrons. The van der Waals surface area contributed by atoms with Crippen molar-refractivity contribution in [2.24, 2.45) is 0 Å². The van der Waals surface area contributed by atoms with Gasteiger partial charge in [0.2, 0.25) is 0 Å². The Kier molecular flexibility index (Phi) is 3.77. The van der Waals surface area contributed by atoms with Crippen molar-refractivity contribution in [2.75, 3.05) is 17.7 Å². The average molecular weight is 237 g/mol. The second-order valence-electron chi connectivity index (χ2n) is 4.42. The molecule has 2 nitrogen and oxygen atoms in total. The lowest BCUT2D eigenvalue weighted by atomic mass is 10.1. The minimum absolute atomic E-state index is 0.294. The van der Waals surface area contributed by atoms with Crippen LogP contribution in [0.2, 0.25) is 0 Å². The number of aliphatic hydroxyl groups excluding tert-OH is 1. The minimum Gasteiger partial charge on any atom is -0.396 e. The van der Waals surface area contributed by atoms with Gasteiger partial charge < -0.3 is 10.4 Å². The molecule has 1 atom stereocenters. The number of fused-ring (bicyclic) bond motifs is 1. The van der Waals surface area contributed by atoms with Crippen molar-refractivity contribution in [1.82, 2.24) is 0 Å². The monoisotopic (exact) mass is 237 g/mol. The van der Waals surface area contributed by atoms with Crippen LogP contribution in [0.1, 0.15) is 24.0 Å². The molecule has 1 aromatic rings. The second-order valence-corrected chi connectivity index (χ2v) is 5.45. The fourth-order valence-electron chi connectivity index (χ4n) is 2.07. The van der Waals surface area contributed by atoms with E-state index in [9.17, 15) is 0 Å². The van der Waals surface area contributed by atoms with Crippen LogP contribution in [-0.4, -0.2) is 23.5 Å². The van der Waals surface area contributed by atoms with Crippen molar-refractivity contribution in [1.29, 1.82) is 0 Å². The van der Waals surface area contributed by atoms with E-state index in [-0.39, 0.29) is 0 Å². The molecule has 1 aromatic carbocycles. The van der Waals surface area contributed by atoms with Crippen molar-refractivity contribution in [3.8, 4) is 0 Å². The number of benzene rings is 1. The Morgan fingerprint density at radius 3 is 2.88 bits per heavy atom. The molecule has 2 N–H and O–H groups in total. The summed E-state index contributed by atoms with van der Waals surface area (Å²) >= 11 is 1.94. The predicted octanol–water partition coefficient (Wildman–Crippen LogP) is 2.96. The number of aryl methyl sites for hydroxylation is 2. The Bertz CT molecular complexity index is 378. The van der Waals surface area contributed by atoms with Crippen LogP contribution in [0.15, 0.2) is 17.0 Å². The van der Waals surface area contributed by atoms with E-state index in [1.165, 1.54) is 21.7 Å². The molecule has 0 spiro atoms. The lowest BCUT2D eigenvalue weighted by Gasteiger charge is -2.29. The van der Waals surface area contributed by atoms with Crippen LogP contribution < -0.4 is 5.32 Å². The van der Waals surface area contributed by atoms with Crippen molar-refractivity contribution in [2.45, 2.75) is 37.6 Å². The number of nitrogens with one attached hydrogen (secondary N) is 1. The zero-order chi connectivity index (χ0) is 11.5. The summed E-state index contributed by atoms with van der Waals surface area (Å²) in [5, 5.41) is 12.5. The van der Waals surface area contributed by atoms with E-state index in [1.54, 1.807) is 0 Å². The summed E-state index contributed by atoms with van der Waals surface area (Å²) in [7, 11) is 0. The van der Waals surface area contributed by atoms with Gasteiger partial charge in [-0.15, -0.1) is 11.8 Å². The van der Waals surface area contributed by atoms with Crippen molar-refractivity contribution in [3.63, 3.8) is 0 Å². The third-order valence-corrected chi connectivity index (χ3v) is 4.43. The van der Waals surface area contributed by atoms with E-state index in [0.717, 1.165) is 18.6 Å². The third-order valence-electron chi connectivity index (χ3n) is 3.05. The Morgan fingerprint density at radius 2 is 2.12 bits per heavy atom. The van der Waals surface area contributed by atoms with Crippen LogP contribution in [0.5, 0.6) is 0 Å². The maximum absolute atomic E-state index is 8.86. The first kappa shape index (κ1) is 11.8. The van der Waals surface area contributed by atoms with Crippen LogP contribution in [0.25, 0.3) is 0 Å². The highest BCUT2D eigenvalue weighted by molar-refractivity contribution is 7.99. The number of rotatable bonds is 3. The maximum atomic E-state index is 8.86. The highest BCUT2D eigenvalue weighted by Gasteiger charge is 2.20. The Balaban J connectivity index is 2.16. The van der Waals surface area contributed by atoms with E-state index in [1.807, 2.05) is 11.8 Å².